The zero-order valence-corrected chi connectivity index (χ0v) is 9.91. The monoisotopic (exact) mass is 254 g/mol. The predicted molar refractivity (Wildman–Crippen MR) is 56.3 cm³/mol. The fourth-order valence-corrected chi connectivity index (χ4v) is 1.53. The number of rotatable bonds is 3. The average molecular weight is 254 g/mol. The molecule has 1 rings (SSSR count). The summed E-state index contributed by atoms with van der Waals surface area (Å²) in [7, 11) is 0. The summed E-state index contributed by atoms with van der Waals surface area (Å²) in [5.74, 6) is -1.12. The van der Waals surface area contributed by atoms with E-state index in [9.17, 15) is 13.2 Å². The van der Waals surface area contributed by atoms with E-state index in [1.165, 1.54) is 0 Å². The van der Waals surface area contributed by atoms with Crippen LogP contribution in [0.2, 0.25) is 0 Å². The van der Waals surface area contributed by atoms with Crippen LogP contribution in [0.4, 0.5) is 18.3 Å². The number of aromatic nitrogens is 2. The zero-order valence-electron chi connectivity index (χ0n) is 9.09. The minimum atomic E-state index is -4.51. The first-order chi connectivity index (χ1) is 7.13. The van der Waals surface area contributed by atoms with Gasteiger partial charge in [0.05, 0.1) is 0 Å². The van der Waals surface area contributed by atoms with Crippen LogP contribution in [0.5, 0.6) is 0 Å². The molecular formula is C8H13F3N4S. The maximum Gasteiger partial charge on any atom is 0.452 e. The Morgan fingerprint density at radius 3 is 2.31 bits per heavy atom. The molecule has 1 unspecified atom stereocenters. The number of halogens is 3. The van der Waals surface area contributed by atoms with Gasteiger partial charge in [0, 0.05) is 23.1 Å². The fourth-order valence-electron chi connectivity index (χ4n) is 0.779. The number of anilines is 1. The van der Waals surface area contributed by atoms with Gasteiger partial charge in [-0.3, -0.25) is 0 Å². The Morgan fingerprint density at radius 1 is 1.38 bits per heavy atom. The molecular weight excluding hydrogens is 241 g/mol. The molecule has 0 aromatic carbocycles. The minimum Gasteiger partial charge on any atom is -0.354 e. The Labute approximate surface area is 95.2 Å². The lowest BCUT2D eigenvalue weighted by atomic mass is 9.97. The van der Waals surface area contributed by atoms with Crippen LogP contribution in [0.3, 0.4) is 0 Å². The van der Waals surface area contributed by atoms with E-state index >= 15 is 0 Å². The lowest BCUT2D eigenvalue weighted by Crippen LogP contribution is -2.47. The lowest BCUT2D eigenvalue weighted by Gasteiger charge is -2.29. The molecule has 0 bridgehead atoms. The molecule has 0 aliphatic rings. The molecule has 0 radical (unpaired) electrons. The molecule has 8 heteroatoms. The summed E-state index contributed by atoms with van der Waals surface area (Å²) in [6.45, 7) is 5.33. The molecule has 16 heavy (non-hydrogen) atoms. The number of hydrogen-bond donors (Lipinski definition) is 2. The zero-order chi connectivity index (χ0) is 12.6. The summed E-state index contributed by atoms with van der Waals surface area (Å²) < 4.78 is 39.9. The molecule has 1 heterocycles. The third kappa shape index (κ3) is 3.05. The van der Waals surface area contributed by atoms with E-state index in [0.717, 1.165) is 0 Å². The van der Waals surface area contributed by atoms with Gasteiger partial charge in [0.2, 0.25) is 11.0 Å². The second-order valence-corrected chi connectivity index (χ2v) is 4.81. The second kappa shape index (κ2) is 4.17. The van der Waals surface area contributed by atoms with Gasteiger partial charge in [0.1, 0.15) is 0 Å². The smallest absolute Gasteiger partial charge is 0.354 e. The van der Waals surface area contributed by atoms with Gasteiger partial charge in [-0.2, -0.15) is 22.5 Å². The van der Waals surface area contributed by atoms with Gasteiger partial charge >= 0.3 is 6.18 Å². The lowest BCUT2D eigenvalue weighted by molar-refractivity contribution is -0.144. The van der Waals surface area contributed by atoms with Crippen molar-refractivity contribution in [1.82, 2.24) is 9.36 Å². The first kappa shape index (κ1) is 13.2. The van der Waals surface area contributed by atoms with Crippen molar-refractivity contribution in [2.45, 2.75) is 38.5 Å². The molecule has 0 fully saturated rings. The maximum absolute atomic E-state index is 12.2. The first-order valence-corrected chi connectivity index (χ1v) is 5.35. The van der Waals surface area contributed by atoms with Gasteiger partial charge in [-0.05, 0) is 20.8 Å². The van der Waals surface area contributed by atoms with Crippen LogP contribution in [0.25, 0.3) is 0 Å². The summed E-state index contributed by atoms with van der Waals surface area (Å²) in [5.41, 5.74) is 5.14. The van der Waals surface area contributed by atoms with Crippen molar-refractivity contribution in [1.29, 1.82) is 0 Å². The van der Waals surface area contributed by atoms with Crippen molar-refractivity contribution < 1.29 is 13.2 Å². The summed E-state index contributed by atoms with van der Waals surface area (Å²) in [4.78, 5) is 3.36. The van der Waals surface area contributed by atoms with Crippen molar-refractivity contribution in [3.8, 4) is 0 Å². The van der Waals surface area contributed by atoms with E-state index in [-0.39, 0.29) is 11.2 Å². The van der Waals surface area contributed by atoms with Crippen molar-refractivity contribution in [2.75, 3.05) is 5.32 Å². The van der Waals surface area contributed by atoms with Gasteiger partial charge in [-0.25, -0.2) is 0 Å². The molecule has 0 aliphatic carbocycles. The molecule has 0 saturated heterocycles. The highest BCUT2D eigenvalue weighted by atomic mass is 32.1. The second-order valence-electron chi connectivity index (χ2n) is 4.06. The van der Waals surface area contributed by atoms with Crippen LogP contribution in [0.1, 0.15) is 26.6 Å². The van der Waals surface area contributed by atoms with Crippen molar-refractivity contribution in [3.63, 3.8) is 0 Å². The Balaban J connectivity index is 2.81. The van der Waals surface area contributed by atoms with E-state index in [4.69, 9.17) is 5.73 Å². The van der Waals surface area contributed by atoms with Crippen LogP contribution < -0.4 is 11.1 Å². The van der Waals surface area contributed by atoms with Crippen LogP contribution in [0.15, 0.2) is 0 Å². The normalized spacial score (nSPS) is 14.9. The van der Waals surface area contributed by atoms with Crippen LogP contribution in [-0.4, -0.2) is 20.9 Å². The van der Waals surface area contributed by atoms with Crippen molar-refractivity contribution in [2.24, 2.45) is 5.73 Å². The number of nitrogens with zero attached hydrogens (tertiary/aromatic N) is 2. The summed E-state index contributed by atoms with van der Waals surface area (Å²) >= 11 is 0.673. The maximum atomic E-state index is 12.2. The first-order valence-electron chi connectivity index (χ1n) is 4.57. The molecule has 1 aromatic heterocycles. The molecule has 3 N–H and O–H groups in total. The molecule has 0 spiro atoms. The highest BCUT2D eigenvalue weighted by molar-refractivity contribution is 7.09. The van der Waals surface area contributed by atoms with E-state index in [1.807, 2.05) is 0 Å². The Hall–Kier alpha value is -0.890. The number of nitrogens with two attached hydrogens (primary N) is 1. The third-order valence-electron chi connectivity index (χ3n) is 2.25. The largest absolute Gasteiger partial charge is 0.452 e. The number of alkyl halides is 3. The van der Waals surface area contributed by atoms with Gasteiger partial charge in [0.15, 0.2) is 0 Å². The molecule has 0 amide bonds. The highest BCUT2D eigenvalue weighted by Gasteiger charge is 2.36. The summed E-state index contributed by atoms with van der Waals surface area (Å²) in [6.07, 6.45) is -4.51. The Morgan fingerprint density at radius 2 is 1.94 bits per heavy atom. The highest BCUT2D eigenvalue weighted by Crippen LogP contribution is 2.30. The summed E-state index contributed by atoms with van der Waals surface area (Å²) in [6, 6.07) is -0.231. The molecule has 92 valence electrons. The summed E-state index contributed by atoms with van der Waals surface area (Å²) in [5, 5.41) is 2.95. The third-order valence-corrected chi connectivity index (χ3v) is 2.88. The van der Waals surface area contributed by atoms with Gasteiger partial charge in [-0.1, -0.05) is 0 Å². The molecule has 1 aromatic rings. The Kier molecular flexibility index (Phi) is 3.44. The molecule has 0 aliphatic heterocycles. The van der Waals surface area contributed by atoms with Gasteiger partial charge in [-0.15, -0.1) is 0 Å². The van der Waals surface area contributed by atoms with Crippen molar-refractivity contribution >= 4 is 16.7 Å². The van der Waals surface area contributed by atoms with E-state index in [2.05, 4.69) is 14.7 Å². The van der Waals surface area contributed by atoms with E-state index < -0.39 is 17.5 Å². The standard InChI is InChI=1S/C8H13F3N4S/c1-4(12)7(2,3)14-6-13-5(15-16-6)8(9,10)11/h4H,12H2,1-3H3,(H,13,14,15). The van der Waals surface area contributed by atoms with Crippen molar-refractivity contribution in [3.05, 3.63) is 5.82 Å². The topological polar surface area (TPSA) is 63.8 Å². The molecule has 4 nitrogen and oxygen atoms in total. The van der Waals surface area contributed by atoms with Gasteiger partial charge in [0.25, 0.3) is 0 Å². The number of nitrogens with one attached hydrogen (secondary N) is 1. The average Bonchev–Trinajstić information content (AvgIpc) is 2.50. The predicted octanol–water partition coefficient (Wildman–Crippen LogP) is 2.09. The van der Waals surface area contributed by atoms with Crippen LogP contribution in [0, 0.1) is 0 Å². The number of hydrogen-bond acceptors (Lipinski definition) is 5. The van der Waals surface area contributed by atoms with Gasteiger partial charge < -0.3 is 11.1 Å². The molecule has 0 saturated carbocycles. The minimum absolute atomic E-state index is 0.120. The van der Waals surface area contributed by atoms with Crippen LogP contribution in [-0.2, 0) is 6.18 Å². The fraction of sp³-hybridized carbons (Fsp3) is 0.750. The van der Waals surface area contributed by atoms with E-state index in [1.54, 1.807) is 20.8 Å². The van der Waals surface area contributed by atoms with E-state index in [0.29, 0.717) is 11.5 Å². The SMILES string of the molecule is CC(N)C(C)(C)Nc1nc(C(F)(F)F)ns1. The molecule has 1 atom stereocenters. The Bertz CT molecular complexity index is 358. The quantitative estimate of drug-likeness (QED) is 0.867. The van der Waals surface area contributed by atoms with Crippen LogP contribution >= 0.6 is 11.5 Å².